The third-order valence-electron chi connectivity index (χ3n) is 3.95. The molecule has 0 saturated carbocycles. The fourth-order valence-corrected chi connectivity index (χ4v) is 3.12. The Kier molecular flexibility index (Phi) is 6.37. The summed E-state index contributed by atoms with van der Waals surface area (Å²) in [7, 11) is 0. The van der Waals surface area contributed by atoms with Crippen molar-refractivity contribution in [2.75, 3.05) is 6.54 Å². The molecule has 2 nitrogen and oxygen atoms in total. The molecule has 1 aliphatic rings. The summed E-state index contributed by atoms with van der Waals surface area (Å²) in [6, 6.07) is 6.87. The fourth-order valence-electron chi connectivity index (χ4n) is 2.71. The predicted molar refractivity (Wildman–Crippen MR) is 88.5 cm³/mol. The van der Waals surface area contributed by atoms with Gasteiger partial charge in [0.25, 0.3) is 0 Å². The van der Waals surface area contributed by atoms with Crippen LogP contribution in [0.3, 0.4) is 0 Å². The Morgan fingerprint density at radius 1 is 1.35 bits per heavy atom. The molecule has 0 fully saturated rings. The first-order valence-electron chi connectivity index (χ1n) is 7.87. The second-order valence-corrected chi connectivity index (χ2v) is 6.77. The summed E-state index contributed by atoms with van der Waals surface area (Å²) >= 11 is 3.52. The third-order valence-corrected chi connectivity index (χ3v) is 4.44. The summed E-state index contributed by atoms with van der Waals surface area (Å²) in [4.78, 5) is 0. The summed E-state index contributed by atoms with van der Waals surface area (Å²) in [5.41, 5.74) is 1.32. The van der Waals surface area contributed by atoms with Gasteiger partial charge in [0.2, 0.25) is 0 Å². The molecule has 1 heterocycles. The summed E-state index contributed by atoms with van der Waals surface area (Å²) < 4.78 is 7.11. The van der Waals surface area contributed by atoms with E-state index in [1.165, 1.54) is 37.7 Å². The van der Waals surface area contributed by atoms with Gasteiger partial charge in [-0.3, -0.25) is 0 Å². The van der Waals surface area contributed by atoms with Crippen LogP contribution in [-0.4, -0.2) is 18.7 Å². The molecule has 0 spiro atoms. The number of benzene rings is 1. The Morgan fingerprint density at radius 3 is 3.00 bits per heavy atom. The van der Waals surface area contributed by atoms with Gasteiger partial charge in [0, 0.05) is 23.5 Å². The van der Waals surface area contributed by atoms with Gasteiger partial charge < -0.3 is 10.1 Å². The molecule has 2 rings (SSSR count). The van der Waals surface area contributed by atoms with E-state index in [1.807, 2.05) is 6.07 Å². The molecule has 1 aliphatic heterocycles. The van der Waals surface area contributed by atoms with Crippen LogP contribution in [0.1, 0.15) is 51.5 Å². The zero-order valence-electron chi connectivity index (χ0n) is 12.6. The van der Waals surface area contributed by atoms with E-state index in [1.54, 1.807) is 0 Å². The van der Waals surface area contributed by atoms with Crippen molar-refractivity contribution in [3.63, 3.8) is 0 Å². The molecular weight excluding hydrogens is 314 g/mol. The lowest BCUT2D eigenvalue weighted by atomic mass is 10.1. The van der Waals surface area contributed by atoms with Crippen LogP contribution in [0.15, 0.2) is 22.7 Å². The number of hydrogen-bond acceptors (Lipinski definition) is 2. The molecule has 20 heavy (non-hydrogen) atoms. The molecule has 3 heteroatoms. The van der Waals surface area contributed by atoms with Gasteiger partial charge in [0.1, 0.15) is 11.9 Å². The van der Waals surface area contributed by atoms with E-state index in [0.29, 0.717) is 6.04 Å². The number of ether oxygens (including phenoxy) is 1. The summed E-state index contributed by atoms with van der Waals surface area (Å²) in [6.45, 7) is 5.49. The molecule has 2 unspecified atom stereocenters. The Bertz CT molecular complexity index is 421. The van der Waals surface area contributed by atoms with Gasteiger partial charge in [-0.2, -0.15) is 0 Å². The summed E-state index contributed by atoms with van der Waals surface area (Å²) in [6.07, 6.45) is 7.95. The smallest absolute Gasteiger partial charge is 0.123 e. The van der Waals surface area contributed by atoms with Gasteiger partial charge >= 0.3 is 0 Å². The lowest BCUT2D eigenvalue weighted by Crippen LogP contribution is -2.35. The molecule has 0 saturated heterocycles. The van der Waals surface area contributed by atoms with Crippen LogP contribution in [-0.2, 0) is 6.42 Å². The summed E-state index contributed by atoms with van der Waals surface area (Å²) in [5, 5.41) is 3.61. The zero-order chi connectivity index (χ0) is 14.4. The van der Waals surface area contributed by atoms with Gasteiger partial charge in [-0.15, -0.1) is 0 Å². The maximum atomic E-state index is 5.97. The van der Waals surface area contributed by atoms with Crippen molar-refractivity contribution in [1.29, 1.82) is 0 Å². The largest absolute Gasteiger partial charge is 0.488 e. The van der Waals surface area contributed by atoms with Crippen molar-refractivity contribution >= 4 is 15.9 Å². The molecule has 0 aliphatic carbocycles. The highest BCUT2D eigenvalue weighted by atomic mass is 79.9. The molecule has 1 N–H and O–H groups in total. The Labute approximate surface area is 131 Å². The SMILES string of the molecule is CCCCCCC(C)NCC1Cc2cc(Br)ccc2O1. The average molecular weight is 340 g/mol. The standard InChI is InChI=1S/C17H26BrNO/c1-3-4-5-6-7-13(2)19-12-16-11-14-10-15(18)8-9-17(14)20-16/h8-10,13,16,19H,3-7,11-12H2,1-2H3. The average Bonchev–Trinajstić information content (AvgIpc) is 2.83. The van der Waals surface area contributed by atoms with Crippen LogP contribution in [0.2, 0.25) is 0 Å². The first kappa shape index (κ1) is 15.8. The van der Waals surface area contributed by atoms with Gasteiger partial charge in [-0.25, -0.2) is 0 Å². The van der Waals surface area contributed by atoms with Gasteiger partial charge in [0.15, 0.2) is 0 Å². The molecule has 2 atom stereocenters. The maximum Gasteiger partial charge on any atom is 0.123 e. The Balaban J connectivity index is 1.66. The highest BCUT2D eigenvalue weighted by Gasteiger charge is 2.22. The number of hydrogen-bond donors (Lipinski definition) is 1. The molecule has 0 bridgehead atoms. The highest BCUT2D eigenvalue weighted by Crippen LogP contribution is 2.30. The maximum absolute atomic E-state index is 5.97. The number of rotatable bonds is 8. The van der Waals surface area contributed by atoms with E-state index < -0.39 is 0 Å². The van der Waals surface area contributed by atoms with Crippen molar-refractivity contribution in [2.45, 2.75) is 64.5 Å². The van der Waals surface area contributed by atoms with Crippen LogP contribution in [0.25, 0.3) is 0 Å². The lowest BCUT2D eigenvalue weighted by Gasteiger charge is -2.17. The van der Waals surface area contributed by atoms with Crippen LogP contribution in [0.4, 0.5) is 0 Å². The van der Waals surface area contributed by atoms with Crippen molar-refractivity contribution in [2.24, 2.45) is 0 Å². The molecule has 112 valence electrons. The van der Waals surface area contributed by atoms with Gasteiger partial charge in [-0.1, -0.05) is 48.5 Å². The van der Waals surface area contributed by atoms with E-state index in [2.05, 4.69) is 47.2 Å². The second-order valence-electron chi connectivity index (χ2n) is 5.85. The van der Waals surface area contributed by atoms with Crippen molar-refractivity contribution < 1.29 is 4.74 Å². The monoisotopic (exact) mass is 339 g/mol. The molecule has 0 aromatic heterocycles. The van der Waals surface area contributed by atoms with Crippen LogP contribution in [0, 0.1) is 0 Å². The van der Waals surface area contributed by atoms with Gasteiger partial charge in [-0.05, 0) is 37.1 Å². The van der Waals surface area contributed by atoms with Crippen molar-refractivity contribution in [3.05, 3.63) is 28.2 Å². The highest BCUT2D eigenvalue weighted by molar-refractivity contribution is 9.10. The first-order chi connectivity index (χ1) is 9.69. The minimum Gasteiger partial charge on any atom is -0.488 e. The quantitative estimate of drug-likeness (QED) is 0.693. The van der Waals surface area contributed by atoms with Crippen LogP contribution in [0.5, 0.6) is 5.75 Å². The van der Waals surface area contributed by atoms with Crippen LogP contribution < -0.4 is 10.1 Å². The minimum absolute atomic E-state index is 0.289. The number of fused-ring (bicyclic) bond motifs is 1. The van der Waals surface area contributed by atoms with Gasteiger partial charge in [0.05, 0.1) is 0 Å². The van der Waals surface area contributed by atoms with E-state index in [4.69, 9.17) is 4.74 Å². The number of unbranched alkanes of at least 4 members (excludes halogenated alkanes) is 3. The minimum atomic E-state index is 0.289. The topological polar surface area (TPSA) is 21.3 Å². The molecular formula is C17H26BrNO. The number of nitrogens with one attached hydrogen (secondary N) is 1. The molecule has 0 amide bonds. The van der Waals surface area contributed by atoms with E-state index in [-0.39, 0.29) is 6.10 Å². The van der Waals surface area contributed by atoms with E-state index in [9.17, 15) is 0 Å². The number of halogens is 1. The van der Waals surface area contributed by atoms with Crippen molar-refractivity contribution in [3.8, 4) is 5.75 Å². The first-order valence-corrected chi connectivity index (χ1v) is 8.66. The lowest BCUT2D eigenvalue weighted by molar-refractivity contribution is 0.221. The Hall–Kier alpha value is -0.540. The zero-order valence-corrected chi connectivity index (χ0v) is 14.2. The fraction of sp³-hybridized carbons (Fsp3) is 0.647. The normalized spacial score (nSPS) is 18.6. The Morgan fingerprint density at radius 2 is 2.20 bits per heavy atom. The van der Waals surface area contributed by atoms with Crippen LogP contribution >= 0.6 is 15.9 Å². The van der Waals surface area contributed by atoms with Crippen molar-refractivity contribution in [1.82, 2.24) is 5.32 Å². The van der Waals surface area contributed by atoms with E-state index in [0.717, 1.165) is 23.2 Å². The molecule has 1 aromatic carbocycles. The molecule has 1 aromatic rings. The third kappa shape index (κ3) is 4.78. The molecule has 0 radical (unpaired) electrons. The van der Waals surface area contributed by atoms with E-state index >= 15 is 0 Å². The predicted octanol–water partition coefficient (Wildman–Crippen LogP) is 4.70. The summed E-state index contributed by atoms with van der Waals surface area (Å²) in [5.74, 6) is 1.05. The second kappa shape index (κ2) is 8.04.